The molecule has 23 heavy (non-hydrogen) atoms. The minimum atomic E-state index is 0.520. The second-order valence-corrected chi connectivity index (χ2v) is 6.63. The van der Waals surface area contributed by atoms with Gasteiger partial charge in [-0.1, -0.05) is 26.0 Å². The van der Waals surface area contributed by atoms with E-state index in [9.17, 15) is 0 Å². The van der Waals surface area contributed by atoms with Crippen molar-refractivity contribution in [3.63, 3.8) is 0 Å². The van der Waals surface area contributed by atoms with E-state index in [1.54, 1.807) is 7.11 Å². The van der Waals surface area contributed by atoms with Gasteiger partial charge in [0.25, 0.3) is 0 Å². The number of aliphatic imine (C=N–C) groups is 1. The highest BCUT2D eigenvalue weighted by molar-refractivity contribution is 5.79. The van der Waals surface area contributed by atoms with Crippen LogP contribution in [0.25, 0.3) is 0 Å². The third-order valence-electron chi connectivity index (χ3n) is 4.71. The molecule has 0 radical (unpaired) electrons. The lowest BCUT2D eigenvalue weighted by molar-refractivity contribution is 0.266. The van der Waals surface area contributed by atoms with Gasteiger partial charge in [0, 0.05) is 26.7 Å². The first-order chi connectivity index (χ1) is 11.1. The highest BCUT2D eigenvalue weighted by Gasteiger charge is 2.19. The molecule has 2 unspecified atom stereocenters. The Hall–Kier alpha value is -1.71. The van der Waals surface area contributed by atoms with Gasteiger partial charge in [0.2, 0.25) is 0 Å². The second-order valence-electron chi connectivity index (χ2n) is 6.63. The Morgan fingerprint density at radius 2 is 2.13 bits per heavy atom. The molecule has 2 atom stereocenters. The third kappa shape index (κ3) is 5.15. The van der Waals surface area contributed by atoms with Crippen molar-refractivity contribution in [3.05, 3.63) is 29.8 Å². The van der Waals surface area contributed by atoms with Gasteiger partial charge in [-0.05, 0) is 48.8 Å². The summed E-state index contributed by atoms with van der Waals surface area (Å²) in [7, 11) is 3.59. The molecule has 1 N–H and O–H groups in total. The van der Waals surface area contributed by atoms with Crippen LogP contribution < -0.4 is 10.1 Å². The number of benzene rings is 1. The Morgan fingerprint density at radius 3 is 2.74 bits per heavy atom. The maximum atomic E-state index is 5.22. The number of methoxy groups -OCH3 is 1. The van der Waals surface area contributed by atoms with Crippen molar-refractivity contribution in [1.29, 1.82) is 0 Å². The van der Waals surface area contributed by atoms with Gasteiger partial charge in [-0.3, -0.25) is 4.99 Å². The Balaban J connectivity index is 1.80. The number of hydrogen-bond donors (Lipinski definition) is 1. The molecule has 0 spiro atoms. The van der Waals surface area contributed by atoms with E-state index < -0.39 is 0 Å². The van der Waals surface area contributed by atoms with Crippen LogP contribution in [0, 0.1) is 5.92 Å². The molecule has 0 aliphatic carbocycles. The van der Waals surface area contributed by atoms with Crippen molar-refractivity contribution in [1.82, 2.24) is 10.2 Å². The molecule has 2 rings (SSSR count). The van der Waals surface area contributed by atoms with Crippen LogP contribution in [0.3, 0.4) is 0 Å². The number of ether oxygens (including phenoxy) is 1. The number of rotatable bonds is 5. The van der Waals surface area contributed by atoms with Gasteiger partial charge in [-0.25, -0.2) is 0 Å². The van der Waals surface area contributed by atoms with Crippen LogP contribution in [0.2, 0.25) is 0 Å². The maximum absolute atomic E-state index is 5.22. The largest absolute Gasteiger partial charge is 0.497 e. The van der Waals surface area contributed by atoms with Gasteiger partial charge in [0.1, 0.15) is 5.75 Å². The van der Waals surface area contributed by atoms with E-state index in [0.717, 1.165) is 43.7 Å². The number of nitrogens with zero attached hydrogens (tertiary/aromatic N) is 2. The average Bonchev–Trinajstić information content (AvgIpc) is 2.58. The summed E-state index contributed by atoms with van der Waals surface area (Å²) in [6.07, 6.45) is 3.70. The Kier molecular flexibility index (Phi) is 6.75. The first-order valence-electron chi connectivity index (χ1n) is 8.73. The predicted octanol–water partition coefficient (Wildman–Crippen LogP) is 3.50. The number of guanidine groups is 1. The summed E-state index contributed by atoms with van der Waals surface area (Å²) in [5.41, 5.74) is 1.36. The lowest BCUT2D eigenvalue weighted by Gasteiger charge is -2.33. The molecule has 1 heterocycles. The number of hydrogen-bond acceptors (Lipinski definition) is 2. The zero-order valence-corrected chi connectivity index (χ0v) is 15.0. The van der Waals surface area contributed by atoms with E-state index in [2.05, 4.69) is 41.2 Å². The Labute approximate surface area is 140 Å². The van der Waals surface area contributed by atoms with Gasteiger partial charge in [-0.15, -0.1) is 0 Å². The fourth-order valence-corrected chi connectivity index (χ4v) is 3.21. The monoisotopic (exact) mass is 317 g/mol. The van der Waals surface area contributed by atoms with Crippen LogP contribution >= 0.6 is 0 Å². The van der Waals surface area contributed by atoms with E-state index in [-0.39, 0.29) is 0 Å². The average molecular weight is 317 g/mol. The minimum Gasteiger partial charge on any atom is -0.497 e. The van der Waals surface area contributed by atoms with E-state index in [1.165, 1.54) is 18.4 Å². The molecule has 0 aromatic heterocycles. The van der Waals surface area contributed by atoms with Crippen molar-refractivity contribution in [2.45, 2.75) is 39.0 Å². The van der Waals surface area contributed by atoms with E-state index >= 15 is 0 Å². The number of likely N-dealkylation sites (tertiary alicyclic amines) is 1. The van der Waals surface area contributed by atoms with Crippen molar-refractivity contribution < 1.29 is 4.74 Å². The molecule has 1 aliphatic heterocycles. The molecule has 1 aromatic rings. The molecular weight excluding hydrogens is 286 g/mol. The zero-order valence-electron chi connectivity index (χ0n) is 15.0. The van der Waals surface area contributed by atoms with Gasteiger partial charge in [0.05, 0.1) is 7.11 Å². The van der Waals surface area contributed by atoms with Crippen molar-refractivity contribution >= 4 is 5.96 Å². The molecule has 4 heteroatoms. The maximum Gasteiger partial charge on any atom is 0.193 e. The minimum absolute atomic E-state index is 0.520. The van der Waals surface area contributed by atoms with Crippen molar-refractivity contribution in [2.24, 2.45) is 10.9 Å². The van der Waals surface area contributed by atoms with Gasteiger partial charge in [0.15, 0.2) is 5.96 Å². The van der Waals surface area contributed by atoms with E-state index in [1.807, 2.05) is 19.2 Å². The van der Waals surface area contributed by atoms with Crippen LogP contribution in [0.4, 0.5) is 0 Å². The fraction of sp³-hybridized carbons (Fsp3) is 0.632. The Bertz CT molecular complexity index is 498. The van der Waals surface area contributed by atoms with E-state index in [4.69, 9.17) is 4.74 Å². The lowest BCUT2D eigenvalue weighted by atomic mass is 9.98. The van der Waals surface area contributed by atoms with Crippen LogP contribution in [-0.4, -0.2) is 44.7 Å². The fourth-order valence-electron chi connectivity index (χ4n) is 3.21. The molecule has 128 valence electrons. The topological polar surface area (TPSA) is 36.9 Å². The van der Waals surface area contributed by atoms with Gasteiger partial charge < -0.3 is 15.0 Å². The summed E-state index contributed by atoms with van der Waals surface area (Å²) in [5, 5.41) is 3.53. The molecule has 1 fully saturated rings. The first kappa shape index (κ1) is 17.6. The van der Waals surface area contributed by atoms with Crippen molar-refractivity contribution in [2.75, 3.05) is 33.8 Å². The molecule has 1 aromatic carbocycles. The summed E-state index contributed by atoms with van der Waals surface area (Å²) in [4.78, 5) is 6.85. The molecule has 0 bridgehead atoms. The summed E-state index contributed by atoms with van der Waals surface area (Å²) < 4.78 is 5.22. The summed E-state index contributed by atoms with van der Waals surface area (Å²) in [6.45, 7) is 7.79. The molecule has 1 saturated heterocycles. The first-order valence-corrected chi connectivity index (χ1v) is 8.73. The highest BCUT2D eigenvalue weighted by Crippen LogP contribution is 2.21. The second kappa shape index (κ2) is 8.80. The third-order valence-corrected chi connectivity index (χ3v) is 4.71. The molecule has 4 nitrogen and oxygen atoms in total. The predicted molar refractivity (Wildman–Crippen MR) is 97.4 cm³/mol. The number of piperidine rings is 1. The molecule has 0 amide bonds. The SMILES string of the molecule is CN=C(NCCC(C)c1ccc(OC)cc1)N1CCCC(C)C1. The summed E-state index contributed by atoms with van der Waals surface area (Å²) in [5.74, 6) is 3.25. The summed E-state index contributed by atoms with van der Waals surface area (Å²) >= 11 is 0. The van der Waals surface area contributed by atoms with Crippen LogP contribution in [-0.2, 0) is 0 Å². The standard InChI is InChI=1S/C19H31N3O/c1-15-6-5-13-22(14-15)19(20-3)21-12-11-16(2)17-7-9-18(23-4)10-8-17/h7-10,15-16H,5-6,11-14H2,1-4H3,(H,20,21). The molecule has 0 saturated carbocycles. The normalized spacial score (nSPS) is 20.3. The van der Waals surface area contributed by atoms with Crippen molar-refractivity contribution in [3.8, 4) is 5.75 Å². The van der Waals surface area contributed by atoms with Gasteiger partial charge >= 0.3 is 0 Å². The molecular formula is C19H31N3O. The van der Waals surface area contributed by atoms with Crippen LogP contribution in [0.15, 0.2) is 29.3 Å². The summed E-state index contributed by atoms with van der Waals surface area (Å²) in [6, 6.07) is 8.38. The quantitative estimate of drug-likeness (QED) is 0.667. The number of nitrogens with one attached hydrogen (secondary N) is 1. The molecule has 1 aliphatic rings. The smallest absolute Gasteiger partial charge is 0.193 e. The van der Waals surface area contributed by atoms with Crippen LogP contribution in [0.1, 0.15) is 44.6 Å². The zero-order chi connectivity index (χ0) is 16.7. The Morgan fingerprint density at radius 1 is 1.39 bits per heavy atom. The van der Waals surface area contributed by atoms with E-state index in [0.29, 0.717) is 5.92 Å². The lowest BCUT2D eigenvalue weighted by Crippen LogP contribution is -2.46. The highest BCUT2D eigenvalue weighted by atomic mass is 16.5. The van der Waals surface area contributed by atoms with Crippen LogP contribution in [0.5, 0.6) is 5.75 Å². The van der Waals surface area contributed by atoms with Gasteiger partial charge in [-0.2, -0.15) is 0 Å².